The molecule has 2 aliphatic heterocycles. The molecule has 0 radical (unpaired) electrons. The lowest BCUT2D eigenvalue weighted by molar-refractivity contribution is -0.135. The van der Waals surface area contributed by atoms with Gasteiger partial charge < -0.3 is 14.5 Å². The van der Waals surface area contributed by atoms with Crippen LogP contribution in [0.3, 0.4) is 0 Å². The summed E-state index contributed by atoms with van der Waals surface area (Å²) in [5, 5.41) is 0. The van der Waals surface area contributed by atoms with E-state index in [1.807, 2.05) is 29.7 Å². The largest absolute Gasteiger partial charge is 0.374 e. The minimum atomic E-state index is -0.221. The fraction of sp³-hybridized carbons (Fsp3) is 0.708. The molecule has 30 heavy (non-hydrogen) atoms. The lowest BCUT2D eigenvalue weighted by atomic mass is 9.85. The van der Waals surface area contributed by atoms with Gasteiger partial charge in [0.1, 0.15) is 5.83 Å². The van der Waals surface area contributed by atoms with E-state index in [2.05, 4.69) is 18.0 Å². The summed E-state index contributed by atoms with van der Waals surface area (Å²) in [6.45, 7) is 6.59. The van der Waals surface area contributed by atoms with Crippen LogP contribution in [0.5, 0.6) is 0 Å². The molecule has 2 fully saturated rings. The number of hydrogen-bond acceptors (Lipinski definition) is 4. The topological polar surface area (TPSA) is 32.8 Å². The smallest absolute Gasteiger partial charge is 0.226 e. The Hall–Kier alpha value is -1.11. The molecule has 0 aromatic rings. The van der Waals surface area contributed by atoms with Gasteiger partial charge in [-0.05, 0) is 82.3 Å². The molecule has 2 heterocycles. The number of allylic oxidation sites excluding steroid dienone is 5. The van der Waals surface area contributed by atoms with E-state index in [1.54, 1.807) is 6.08 Å². The second-order valence-electron chi connectivity index (χ2n) is 8.74. The molecular formula is C24H37FN2O2S. The molecule has 0 aromatic heterocycles. The first-order chi connectivity index (χ1) is 14.6. The zero-order valence-electron chi connectivity index (χ0n) is 18.6. The van der Waals surface area contributed by atoms with Gasteiger partial charge in [-0.15, -0.1) is 0 Å². The van der Waals surface area contributed by atoms with Crippen molar-refractivity contribution >= 4 is 17.7 Å². The molecule has 0 saturated carbocycles. The Morgan fingerprint density at radius 3 is 2.60 bits per heavy atom. The Morgan fingerprint density at radius 1 is 1.23 bits per heavy atom. The minimum Gasteiger partial charge on any atom is -0.374 e. The molecule has 1 amide bonds. The van der Waals surface area contributed by atoms with E-state index in [4.69, 9.17) is 4.74 Å². The molecular weight excluding hydrogens is 399 g/mol. The van der Waals surface area contributed by atoms with Crippen molar-refractivity contribution in [3.63, 3.8) is 0 Å². The molecule has 1 atom stereocenters. The van der Waals surface area contributed by atoms with Gasteiger partial charge >= 0.3 is 0 Å². The number of rotatable bonds is 7. The van der Waals surface area contributed by atoms with E-state index in [-0.39, 0.29) is 18.4 Å². The number of carbonyl (C=O) groups is 1. The zero-order chi connectivity index (χ0) is 21.3. The van der Waals surface area contributed by atoms with E-state index >= 15 is 0 Å². The second kappa shape index (κ2) is 12.1. The molecule has 3 rings (SSSR count). The van der Waals surface area contributed by atoms with Crippen molar-refractivity contribution in [1.29, 1.82) is 0 Å². The van der Waals surface area contributed by atoms with Crippen LogP contribution in [0.4, 0.5) is 4.39 Å². The van der Waals surface area contributed by atoms with Crippen LogP contribution in [-0.2, 0) is 9.53 Å². The molecule has 0 N–H and O–H groups in total. The summed E-state index contributed by atoms with van der Waals surface area (Å²) < 4.78 is 20.1. The second-order valence-corrected chi connectivity index (χ2v) is 9.96. The third kappa shape index (κ3) is 6.96. The van der Waals surface area contributed by atoms with Crippen LogP contribution >= 0.6 is 11.8 Å². The average molecular weight is 437 g/mol. The molecule has 2 saturated heterocycles. The fourth-order valence-electron chi connectivity index (χ4n) is 4.49. The van der Waals surface area contributed by atoms with Crippen LogP contribution in [0, 0.1) is 11.8 Å². The Kier molecular flexibility index (Phi) is 9.47. The molecule has 0 bridgehead atoms. The predicted octanol–water partition coefficient (Wildman–Crippen LogP) is 4.45. The standard InChI is InChI=1S/C24H37FN2O2S/c1-3-20(16-23(25)18-29-17-19-8-10-26(2)11-9-19)21-4-6-22(7-5-21)24(28)27-12-14-30-15-13-27/h3-4,16,19,22H,5-15,17-18H2,1-2H3/b20-3+,23-16+. The maximum atomic E-state index is 14.5. The predicted molar refractivity (Wildman–Crippen MR) is 123 cm³/mol. The quantitative estimate of drug-likeness (QED) is 0.552. The molecule has 1 unspecified atom stereocenters. The fourth-order valence-corrected chi connectivity index (χ4v) is 5.39. The number of thioether (sulfide) groups is 1. The summed E-state index contributed by atoms with van der Waals surface area (Å²) in [5.41, 5.74) is 2.08. The number of nitrogens with zero attached hydrogens (tertiary/aromatic N) is 2. The van der Waals surface area contributed by atoms with Crippen molar-refractivity contribution < 1.29 is 13.9 Å². The minimum absolute atomic E-state index is 0.0467. The molecule has 168 valence electrons. The van der Waals surface area contributed by atoms with Crippen LogP contribution in [0.25, 0.3) is 0 Å². The van der Waals surface area contributed by atoms with E-state index in [0.717, 1.165) is 80.9 Å². The third-order valence-electron chi connectivity index (χ3n) is 6.51. The number of ether oxygens (including phenoxy) is 1. The Morgan fingerprint density at radius 2 is 1.97 bits per heavy atom. The van der Waals surface area contributed by atoms with Crippen molar-refractivity contribution in [2.75, 3.05) is 57.9 Å². The number of carbonyl (C=O) groups excluding carboxylic acids is 1. The van der Waals surface area contributed by atoms with E-state index < -0.39 is 0 Å². The highest BCUT2D eigenvalue weighted by molar-refractivity contribution is 7.99. The van der Waals surface area contributed by atoms with Crippen LogP contribution in [0.2, 0.25) is 0 Å². The van der Waals surface area contributed by atoms with Gasteiger partial charge in [0.2, 0.25) is 5.91 Å². The number of piperidine rings is 1. The summed E-state index contributed by atoms with van der Waals surface area (Å²) in [7, 11) is 2.14. The number of hydrogen-bond donors (Lipinski definition) is 0. The van der Waals surface area contributed by atoms with Gasteiger partial charge in [0.25, 0.3) is 0 Å². The van der Waals surface area contributed by atoms with Crippen molar-refractivity contribution in [2.45, 2.75) is 39.0 Å². The first kappa shape index (κ1) is 23.6. The van der Waals surface area contributed by atoms with Gasteiger partial charge in [-0.25, -0.2) is 4.39 Å². The first-order valence-electron chi connectivity index (χ1n) is 11.4. The normalized spacial score (nSPS) is 25.4. The van der Waals surface area contributed by atoms with Crippen LogP contribution in [0.15, 0.2) is 35.2 Å². The van der Waals surface area contributed by atoms with E-state index in [0.29, 0.717) is 18.4 Å². The van der Waals surface area contributed by atoms with Crippen molar-refractivity contribution in [1.82, 2.24) is 9.80 Å². The van der Waals surface area contributed by atoms with Gasteiger partial charge in [-0.2, -0.15) is 11.8 Å². The summed E-state index contributed by atoms with van der Waals surface area (Å²) >= 11 is 1.92. The van der Waals surface area contributed by atoms with Crippen molar-refractivity contribution in [2.24, 2.45) is 11.8 Å². The molecule has 3 aliphatic rings. The van der Waals surface area contributed by atoms with Gasteiger partial charge in [-0.3, -0.25) is 4.79 Å². The average Bonchev–Trinajstić information content (AvgIpc) is 2.79. The molecule has 1 aliphatic carbocycles. The van der Waals surface area contributed by atoms with Crippen molar-refractivity contribution in [3.8, 4) is 0 Å². The number of halogens is 1. The van der Waals surface area contributed by atoms with Crippen LogP contribution < -0.4 is 0 Å². The highest BCUT2D eigenvalue weighted by Gasteiger charge is 2.27. The summed E-state index contributed by atoms with van der Waals surface area (Å²) in [6, 6.07) is 0. The summed E-state index contributed by atoms with van der Waals surface area (Å²) in [6.07, 6.45) is 10.4. The molecule has 6 heteroatoms. The van der Waals surface area contributed by atoms with Gasteiger partial charge in [0.05, 0.1) is 13.2 Å². The number of amides is 1. The lowest BCUT2D eigenvalue weighted by Crippen LogP contribution is -2.41. The van der Waals surface area contributed by atoms with Gasteiger partial charge in [0, 0.05) is 30.5 Å². The van der Waals surface area contributed by atoms with Gasteiger partial charge in [-0.1, -0.05) is 12.2 Å². The Bertz CT molecular complexity index is 662. The van der Waals surface area contributed by atoms with Gasteiger partial charge in [0.15, 0.2) is 0 Å². The molecule has 0 spiro atoms. The van der Waals surface area contributed by atoms with Crippen LogP contribution in [-0.4, -0.2) is 73.7 Å². The maximum Gasteiger partial charge on any atom is 0.226 e. The number of likely N-dealkylation sites (tertiary alicyclic amines) is 1. The van der Waals surface area contributed by atoms with E-state index in [1.165, 1.54) is 0 Å². The maximum absolute atomic E-state index is 14.5. The molecule has 4 nitrogen and oxygen atoms in total. The lowest BCUT2D eigenvalue weighted by Gasteiger charge is -2.31. The Balaban J connectivity index is 1.45. The van der Waals surface area contributed by atoms with E-state index in [9.17, 15) is 9.18 Å². The monoisotopic (exact) mass is 436 g/mol. The molecule has 0 aromatic carbocycles. The first-order valence-corrected chi connectivity index (χ1v) is 12.6. The highest BCUT2D eigenvalue weighted by atomic mass is 32.2. The van der Waals surface area contributed by atoms with Crippen LogP contribution in [0.1, 0.15) is 39.0 Å². The highest BCUT2D eigenvalue weighted by Crippen LogP contribution is 2.31. The third-order valence-corrected chi connectivity index (χ3v) is 7.45. The summed E-state index contributed by atoms with van der Waals surface area (Å²) in [4.78, 5) is 17.1. The summed E-state index contributed by atoms with van der Waals surface area (Å²) in [5.74, 6) is 2.81. The Labute approximate surface area is 185 Å². The SMILES string of the molecule is C/C=C(\C=C(\F)COCC1CCN(C)CC1)C1=CCC(C(=O)N2CCSCC2)CC1. The zero-order valence-corrected chi connectivity index (χ0v) is 19.4. The van der Waals surface area contributed by atoms with Crippen molar-refractivity contribution in [3.05, 3.63) is 35.2 Å².